The molecule has 0 bridgehead atoms. The van der Waals surface area contributed by atoms with Crippen molar-refractivity contribution in [3.8, 4) is 0 Å². The van der Waals surface area contributed by atoms with Crippen molar-refractivity contribution in [2.24, 2.45) is 0 Å². The molecule has 0 saturated carbocycles. The Hall–Kier alpha value is -3.32. The number of carbonyl (C=O) groups is 4. The van der Waals surface area contributed by atoms with Gasteiger partial charge >= 0.3 is 23.9 Å². The number of esters is 3. The third kappa shape index (κ3) is 45.0. The molecule has 0 aromatic heterocycles. The zero-order chi connectivity index (χ0) is 57.5. The lowest BCUT2D eigenvalue weighted by molar-refractivity contribution is -0.301. The first kappa shape index (κ1) is 73.7. The highest BCUT2D eigenvalue weighted by Gasteiger charge is 2.50. The Balaban J connectivity index is 2.65. The monoisotopic (exact) mass is 1110 g/mol. The molecule has 12 heteroatoms. The molecule has 1 heterocycles. The summed E-state index contributed by atoms with van der Waals surface area (Å²) in [7, 11) is 0. The number of rotatable bonds is 56. The predicted octanol–water partition coefficient (Wildman–Crippen LogP) is 17.3. The van der Waals surface area contributed by atoms with Gasteiger partial charge in [-0.15, -0.1) is 0 Å². The van der Waals surface area contributed by atoms with Crippen LogP contribution in [0.25, 0.3) is 0 Å². The number of aliphatic hydroxyl groups is 2. The Morgan fingerprint density at radius 1 is 0.418 bits per heavy atom. The van der Waals surface area contributed by atoms with Crippen LogP contribution in [-0.2, 0) is 42.9 Å². The summed E-state index contributed by atoms with van der Waals surface area (Å²) >= 11 is 0. The van der Waals surface area contributed by atoms with Crippen molar-refractivity contribution in [3.05, 3.63) is 48.6 Å². The summed E-state index contributed by atoms with van der Waals surface area (Å²) in [5.41, 5.74) is 0. The van der Waals surface area contributed by atoms with Crippen molar-refractivity contribution >= 4 is 23.9 Å². The van der Waals surface area contributed by atoms with Crippen molar-refractivity contribution in [2.75, 3.05) is 13.2 Å². The quantitative estimate of drug-likeness (QED) is 0.0228. The average molecular weight is 1120 g/mol. The van der Waals surface area contributed by atoms with Gasteiger partial charge in [-0.2, -0.15) is 0 Å². The molecule has 79 heavy (non-hydrogen) atoms. The molecular weight excluding hydrogens is 997 g/mol. The second-order valence-corrected chi connectivity index (χ2v) is 22.4. The number of allylic oxidation sites excluding steroid dienone is 8. The van der Waals surface area contributed by atoms with E-state index in [9.17, 15) is 34.5 Å². The van der Waals surface area contributed by atoms with E-state index >= 15 is 0 Å². The smallest absolute Gasteiger partial charge is 0.335 e. The van der Waals surface area contributed by atoms with Crippen LogP contribution in [-0.4, -0.2) is 89.2 Å². The summed E-state index contributed by atoms with van der Waals surface area (Å²) in [6.45, 7) is 5.99. The third-order valence-electron chi connectivity index (χ3n) is 14.9. The lowest BCUT2D eigenvalue weighted by Crippen LogP contribution is -2.61. The zero-order valence-corrected chi connectivity index (χ0v) is 50.6. The molecule has 1 aliphatic rings. The molecule has 0 aromatic carbocycles. The molecular formula is C67H118O12. The van der Waals surface area contributed by atoms with Crippen LogP contribution in [0.15, 0.2) is 48.6 Å². The van der Waals surface area contributed by atoms with Crippen LogP contribution in [0.1, 0.15) is 303 Å². The minimum Gasteiger partial charge on any atom is -0.479 e. The van der Waals surface area contributed by atoms with Gasteiger partial charge in [-0.25, -0.2) is 4.79 Å². The summed E-state index contributed by atoms with van der Waals surface area (Å²) < 4.78 is 28.5. The van der Waals surface area contributed by atoms with E-state index in [1.165, 1.54) is 148 Å². The maximum absolute atomic E-state index is 13.2. The molecule has 3 N–H and O–H groups in total. The molecule has 6 atom stereocenters. The number of carboxylic acid groups (broad SMARTS) is 1. The molecule has 12 nitrogen and oxygen atoms in total. The van der Waals surface area contributed by atoms with Gasteiger partial charge in [0.05, 0.1) is 6.61 Å². The molecule has 0 aromatic rings. The number of aliphatic hydroxyl groups excluding tert-OH is 2. The van der Waals surface area contributed by atoms with Gasteiger partial charge in [0.1, 0.15) is 18.8 Å². The van der Waals surface area contributed by atoms with Gasteiger partial charge in [-0.05, 0) is 83.5 Å². The molecule has 1 aliphatic heterocycles. The lowest BCUT2D eigenvalue weighted by atomic mass is 9.98. The summed E-state index contributed by atoms with van der Waals surface area (Å²) in [4.78, 5) is 51.3. The minimum atomic E-state index is -1.91. The van der Waals surface area contributed by atoms with Crippen molar-refractivity contribution in [1.82, 2.24) is 0 Å². The molecule has 6 unspecified atom stereocenters. The fraction of sp³-hybridized carbons (Fsp3) is 0.821. The van der Waals surface area contributed by atoms with E-state index < -0.39 is 67.3 Å². The second-order valence-electron chi connectivity index (χ2n) is 22.4. The van der Waals surface area contributed by atoms with E-state index in [0.717, 1.165) is 96.3 Å². The first-order valence-corrected chi connectivity index (χ1v) is 32.6. The maximum Gasteiger partial charge on any atom is 0.335 e. The summed E-state index contributed by atoms with van der Waals surface area (Å²) in [6, 6.07) is 0. The molecule has 1 rings (SSSR count). The predicted molar refractivity (Wildman–Crippen MR) is 322 cm³/mol. The van der Waals surface area contributed by atoms with Gasteiger partial charge in [0.25, 0.3) is 0 Å². The van der Waals surface area contributed by atoms with E-state index in [0.29, 0.717) is 19.3 Å². The van der Waals surface area contributed by atoms with Crippen molar-refractivity contribution in [1.29, 1.82) is 0 Å². The van der Waals surface area contributed by atoms with Crippen molar-refractivity contribution < 1.29 is 58.2 Å². The number of ether oxygens (including phenoxy) is 5. The van der Waals surface area contributed by atoms with Crippen LogP contribution in [0.3, 0.4) is 0 Å². The number of hydrogen-bond acceptors (Lipinski definition) is 11. The van der Waals surface area contributed by atoms with E-state index in [2.05, 4.69) is 69.4 Å². The standard InChI is InChI=1S/C67H118O12/c1-4-7-10-13-16-19-22-25-27-29-30-32-34-37-40-43-46-49-52-55-61(70)78-65-63(72)62(71)64(66(73)74)79-67(65)76-57-58(77-60(69)54-51-48-45-42-39-35-24-21-18-15-12-9-6-3)56-75-59(68)53-50-47-44-41-38-36-33-31-28-26-23-20-17-14-11-8-5-2/h16,19,25-28,30,32,58,62-65,67,71-72H,4-15,17-18,20-24,29,31,33-57H2,1-3H3,(H,73,74)/b19-16-,27-25-,28-26-,32-30-. The van der Waals surface area contributed by atoms with Gasteiger partial charge in [-0.1, -0.05) is 249 Å². The molecule has 0 radical (unpaired) electrons. The lowest BCUT2D eigenvalue weighted by Gasteiger charge is -2.40. The van der Waals surface area contributed by atoms with Crippen LogP contribution in [0.4, 0.5) is 0 Å². The van der Waals surface area contributed by atoms with E-state index in [1.807, 2.05) is 0 Å². The maximum atomic E-state index is 13.2. The van der Waals surface area contributed by atoms with Gasteiger partial charge in [0.15, 0.2) is 24.6 Å². The highest BCUT2D eigenvalue weighted by molar-refractivity contribution is 5.74. The number of carbonyl (C=O) groups excluding carboxylic acids is 3. The van der Waals surface area contributed by atoms with Crippen molar-refractivity contribution in [2.45, 2.75) is 340 Å². The van der Waals surface area contributed by atoms with Crippen LogP contribution in [0, 0.1) is 0 Å². The number of carboxylic acids is 1. The normalized spacial score (nSPS) is 18.1. The van der Waals surface area contributed by atoms with Crippen LogP contribution in [0.2, 0.25) is 0 Å². The Kier molecular flexibility index (Phi) is 51.5. The molecule has 1 saturated heterocycles. The number of unbranched alkanes of at least 4 members (excludes halogenated alkanes) is 34. The SMILES string of the molecule is CCCCC/C=C\C/C=C\C/C=C\CCCCCCCCC(=O)OC1C(OCC(COC(=O)CCCCCCCCC/C=C\CCCCCCCC)OC(=O)CCCCCCCCCCCCCCC)OC(C(=O)O)C(O)C1O. The molecule has 0 amide bonds. The molecule has 1 fully saturated rings. The van der Waals surface area contributed by atoms with Gasteiger partial charge in [-0.3, -0.25) is 14.4 Å². The minimum absolute atomic E-state index is 0.0476. The fourth-order valence-corrected chi connectivity index (χ4v) is 9.84. The summed E-state index contributed by atoms with van der Waals surface area (Å²) in [5.74, 6) is -3.11. The molecule has 0 spiro atoms. The first-order chi connectivity index (χ1) is 38.6. The van der Waals surface area contributed by atoms with E-state index in [1.54, 1.807) is 0 Å². The van der Waals surface area contributed by atoms with Crippen LogP contribution >= 0.6 is 0 Å². The van der Waals surface area contributed by atoms with Gasteiger partial charge in [0, 0.05) is 19.3 Å². The topological polar surface area (TPSA) is 175 Å². The van der Waals surface area contributed by atoms with Crippen molar-refractivity contribution in [3.63, 3.8) is 0 Å². The Morgan fingerprint density at radius 2 is 0.759 bits per heavy atom. The third-order valence-corrected chi connectivity index (χ3v) is 14.9. The Bertz CT molecular complexity index is 1560. The van der Waals surface area contributed by atoms with Gasteiger partial charge < -0.3 is 39.0 Å². The van der Waals surface area contributed by atoms with Gasteiger partial charge in [0.2, 0.25) is 0 Å². The first-order valence-electron chi connectivity index (χ1n) is 32.6. The Labute approximate surface area is 482 Å². The highest BCUT2D eigenvalue weighted by atomic mass is 16.7. The summed E-state index contributed by atoms with van der Waals surface area (Å²) in [5, 5.41) is 31.6. The van der Waals surface area contributed by atoms with E-state index in [-0.39, 0.29) is 25.9 Å². The highest BCUT2D eigenvalue weighted by Crippen LogP contribution is 2.27. The number of hydrogen-bond donors (Lipinski definition) is 3. The molecule has 0 aliphatic carbocycles. The van der Waals surface area contributed by atoms with Crippen LogP contribution < -0.4 is 0 Å². The molecule has 458 valence electrons. The largest absolute Gasteiger partial charge is 0.479 e. The zero-order valence-electron chi connectivity index (χ0n) is 50.6. The van der Waals surface area contributed by atoms with Crippen LogP contribution in [0.5, 0.6) is 0 Å². The fourth-order valence-electron chi connectivity index (χ4n) is 9.84. The average Bonchev–Trinajstić information content (AvgIpc) is 3.46. The summed E-state index contributed by atoms with van der Waals surface area (Å²) in [6.07, 6.45) is 54.9. The van der Waals surface area contributed by atoms with E-state index in [4.69, 9.17) is 23.7 Å². The second kappa shape index (κ2) is 55.2. The Morgan fingerprint density at radius 3 is 1.19 bits per heavy atom. The number of aliphatic carboxylic acids is 1.